The third kappa shape index (κ3) is 9.77. The second-order valence-corrected chi connectivity index (χ2v) is 20.5. The Balaban J connectivity index is 0.960. The number of Topliss-reactive ketones (excluding diaryl/α,β-unsaturated/α-hetero) is 1. The minimum atomic E-state index is -2.33. The van der Waals surface area contributed by atoms with Gasteiger partial charge in [0.05, 0.1) is 44.4 Å². The zero-order valence-electron chi connectivity index (χ0n) is 39.0. The third-order valence-electron chi connectivity index (χ3n) is 16.3. The van der Waals surface area contributed by atoms with Gasteiger partial charge in [0.25, 0.3) is 0 Å². The zero-order chi connectivity index (χ0) is 46.6. The molecule has 16 heteroatoms. The molecule has 1 spiro atoms. The van der Waals surface area contributed by atoms with Gasteiger partial charge in [-0.3, -0.25) is 9.59 Å². The van der Waals surface area contributed by atoms with Gasteiger partial charge in [-0.2, -0.15) is 0 Å². The summed E-state index contributed by atoms with van der Waals surface area (Å²) in [6.07, 6.45) is 11.2. The Labute approximate surface area is 383 Å². The van der Waals surface area contributed by atoms with Crippen molar-refractivity contribution in [3.8, 4) is 0 Å². The molecule has 0 radical (unpaired) electrons. The largest absolute Gasteiger partial charge is 0.514 e. The Morgan fingerprint density at radius 3 is 2.17 bits per heavy atom. The summed E-state index contributed by atoms with van der Waals surface area (Å²) in [5, 5.41) is 35.3. The summed E-state index contributed by atoms with van der Waals surface area (Å²) >= 11 is 0. The zero-order valence-corrected chi connectivity index (χ0v) is 39.0. The second kappa shape index (κ2) is 21.0. The highest BCUT2D eigenvalue weighted by Gasteiger charge is 2.85. The molecule has 12 atom stereocenters. The molecular weight excluding hydrogens is 845 g/mol. The highest BCUT2D eigenvalue weighted by atomic mass is 16.8. The predicted octanol–water partition coefficient (Wildman–Crippen LogP) is 6.45. The van der Waals surface area contributed by atoms with Gasteiger partial charge in [-0.1, -0.05) is 110 Å². The van der Waals surface area contributed by atoms with E-state index in [1.54, 1.807) is 13.8 Å². The van der Waals surface area contributed by atoms with Gasteiger partial charge in [0.2, 0.25) is 11.7 Å². The maximum absolute atomic E-state index is 14.1. The standard InChI is InChI=1S/C49H74O16/c1-5-6-7-8-9-10-11-12-13-14-15-16-18-21-36-59-27-31(62-36)28-60-45(56)65-38-30(2)32-24-34-48-29-61-49(44(55)58-4,42(53)37(52)40(48)46(32,3)25-33(38)50)41(48)39(43(54)63-34)64-35(51)26-47(57)22-19-17-20-23-47/h31-32,34,36-37,39-42,52-53,57H,5-29H2,1-4H3/t31?,32-,34+,36?,37+,39?,40-,41+,42-,46-,48+,49+/m0/s1. The quantitative estimate of drug-likeness (QED) is 0.0640. The van der Waals surface area contributed by atoms with E-state index < -0.39 is 107 Å². The van der Waals surface area contributed by atoms with Crippen molar-refractivity contribution >= 4 is 29.8 Å². The number of ether oxygens (including phenoxy) is 8. The first-order chi connectivity index (χ1) is 31.1. The van der Waals surface area contributed by atoms with E-state index >= 15 is 0 Å². The molecule has 3 unspecified atom stereocenters. The molecule has 366 valence electrons. The highest BCUT2D eigenvalue weighted by molar-refractivity contribution is 5.97. The summed E-state index contributed by atoms with van der Waals surface area (Å²) in [5.74, 6) is -6.80. The van der Waals surface area contributed by atoms with E-state index in [9.17, 15) is 39.3 Å². The number of esters is 3. The van der Waals surface area contributed by atoms with E-state index in [1.807, 2.05) is 0 Å². The van der Waals surface area contributed by atoms with Crippen LogP contribution in [-0.4, -0.2) is 120 Å². The van der Waals surface area contributed by atoms with Crippen molar-refractivity contribution < 1.29 is 77.2 Å². The van der Waals surface area contributed by atoms with Crippen LogP contribution in [0.25, 0.3) is 0 Å². The molecule has 0 aromatic carbocycles. The molecule has 3 saturated heterocycles. The molecule has 0 aromatic heterocycles. The molecular formula is C49H74O16. The normalized spacial score (nSPS) is 36.9. The number of carbonyl (C=O) groups excluding carboxylic acids is 5. The van der Waals surface area contributed by atoms with Gasteiger partial charge < -0.3 is 53.2 Å². The predicted molar refractivity (Wildman–Crippen MR) is 230 cm³/mol. The molecule has 3 heterocycles. The molecule has 2 bridgehead atoms. The Kier molecular flexibility index (Phi) is 16.1. The van der Waals surface area contributed by atoms with E-state index in [2.05, 4.69) is 6.92 Å². The fourth-order valence-electron chi connectivity index (χ4n) is 13.2. The summed E-state index contributed by atoms with van der Waals surface area (Å²) < 4.78 is 46.1. The molecule has 65 heavy (non-hydrogen) atoms. The fourth-order valence-corrected chi connectivity index (χ4v) is 13.2. The number of ketones is 1. The van der Waals surface area contributed by atoms with Crippen molar-refractivity contribution in [2.75, 3.05) is 26.9 Å². The number of aliphatic hydroxyl groups is 3. The Morgan fingerprint density at radius 2 is 1.52 bits per heavy atom. The van der Waals surface area contributed by atoms with Gasteiger partial charge in [0, 0.05) is 17.8 Å². The second-order valence-electron chi connectivity index (χ2n) is 20.5. The Hall–Kier alpha value is -3.15. The van der Waals surface area contributed by atoms with Crippen molar-refractivity contribution in [2.24, 2.45) is 28.6 Å². The minimum Gasteiger partial charge on any atom is -0.467 e. The van der Waals surface area contributed by atoms with E-state index in [1.165, 1.54) is 70.6 Å². The van der Waals surface area contributed by atoms with Crippen LogP contribution in [0.15, 0.2) is 11.3 Å². The lowest BCUT2D eigenvalue weighted by atomic mass is 9.38. The van der Waals surface area contributed by atoms with Crippen LogP contribution in [0.3, 0.4) is 0 Å². The number of hydrogen-bond donors (Lipinski definition) is 3. The maximum atomic E-state index is 14.1. The number of hydrogen-bond acceptors (Lipinski definition) is 16. The maximum Gasteiger partial charge on any atom is 0.514 e. The number of allylic oxidation sites excluding steroid dienone is 2. The number of unbranched alkanes of at least 4 members (excludes halogenated alkanes) is 12. The van der Waals surface area contributed by atoms with Crippen molar-refractivity contribution in [2.45, 2.75) is 210 Å². The Morgan fingerprint density at radius 1 is 0.877 bits per heavy atom. The fraction of sp³-hybridized carbons (Fsp3) is 0.857. The van der Waals surface area contributed by atoms with Gasteiger partial charge in [-0.15, -0.1) is 0 Å². The molecule has 3 N–H and O–H groups in total. The van der Waals surface area contributed by atoms with Gasteiger partial charge >= 0.3 is 24.1 Å². The third-order valence-corrected chi connectivity index (χ3v) is 16.3. The molecule has 3 aliphatic heterocycles. The van der Waals surface area contributed by atoms with Gasteiger partial charge in [-0.05, 0) is 55.9 Å². The van der Waals surface area contributed by atoms with E-state index in [-0.39, 0.29) is 44.7 Å². The molecule has 7 aliphatic rings. The van der Waals surface area contributed by atoms with E-state index in [4.69, 9.17) is 37.9 Å². The summed E-state index contributed by atoms with van der Waals surface area (Å²) in [7, 11) is 1.08. The van der Waals surface area contributed by atoms with Gasteiger partial charge in [0.1, 0.15) is 24.9 Å². The monoisotopic (exact) mass is 918 g/mol. The number of rotatable bonds is 21. The van der Waals surface area contributed by atoms with Crippen LogP contribution in [-0.2, 0) is 57.1 Å². The lowest BCUT2D eigenvalue weighted by molar-refractivity contribution is -0.290. The summed E-state index contributed by atoms with van der Waals surface area (Å²) in [6.45, 7) is 5.46. The summed E-state index contributed by atoms with van der Waals surface area (Å²) in [5.41, 5.74) is -5.91. The van der Waals surface area contributed by atoms with Crippen LogP contribution in [0.5, 0.6) is 0 Å². The number of methoxy groups -OCH3 is 1. The summed E-state index contributed by atoms with van der Waals surface area (Å²) in [4.78, 5) is 68.7. The van der Waals surface area contributed by atoms with Crippen LogP contribution in [0, 0.1) is 28.6 Å². The van der Waals surface area contributed by atoms with Crippen LogP contribution in [0.2, 0.25) is 0 Å². The van der Waals surface area contributed by atoms with Crippen LogP contribution in [0.4, 0.5) is 4.79 Å². The van der Waals surface area contributed by atoms with Crippen molar-refractivity contribution in [1.82, 2.24) is 0 Å². The SMILES string of the molecule is CCCCCCCCCCCCCCCC1OCC(COC(=O)OC2=C(C)[C@@H]3C[C@H]4OC(=O)C(OC(=O)CC5(O)CCCCC5)[C@H]5[C@@]6(C(=O)OC)OC[C@]45[C@@H]([C@@H](O)[C@@H]6O)[C@@]3(C)CC2=O)O1. The molecule has 16 nitrogen and oxygen atoms in total. The molecule has 3 saturated carbocycles. The number of fused-ring (bicyclic) bond motifs is 2. The highest BCUT2D eigenvalue weighted by Crippen LogP contribution is 2.73. The Bertz CT molecular complexity index is 1760. The molecule has 0 aromatic rings. The lowest BCUT2D eigenvalue weighted by Gasteiger charge is -2.67. The first kappa shape index (κ1) is 49.7. The average molecular weight is 919 g/mol. The molecule has 7 rings (SSSR count). The van der Waals surface area contributed by atoms with Crippen molar-refractivity contribution in [3.05, 3.63) is 11.3 Å². The van der Waals surface area contributed by atoms with E-state index in [0.29, 0.717) is 18.4 Å². The topological polar surface area (TPSA) is 220 Å². The minimum absolute atomic E-state index is 0.0635. The number of carbonyl (C=O) groups is 5. The summed E-state index contributed by atoms with van der Waals surface area (Å²) in [6, 6.07) is 0. The van der Waals surface area contributed by atoms with E-state index in [0.717, 1.165) is 45.6 Å². The van der Waals surface area contributed by atoms with Gasteiger partial charge in [-0.25, -0.2) is 14.4 Å². The lowest BCUT2D eigenvalue weighted by Crippen LogP contribution is -2.79. The number of aliphatic hydroxyl groups excluding tert-OH is 2. The molecule has 6 fully saturated rings. The molecule has 4 aliphatic carbocycles. The molecule has 0 amide bonds. The smallest absolute Gasteiger partial charge is 0.467 e. The first-order valence-electron chi connectivity index (χ1n) is 24.7. The van der Waals surface area contributed by atoms with Gasteiger partial charge in [0.15, 0.2) is 17.8 Å². The van der Waals surface area contributed by atoms with Crippen molar-refractivity contribution in [3.63, 3.8) is 0 Å². The first-order valence-corrected chi connectivity index (χ1v) is 24.7. The van der Waals surface area contributed by atoms with Crippen LogP contribution in [0.1, 0.15) is 162 Å². The van der Waals surface area contributed by atoms with Crippen molar-refractivity contribution in [1.29, 1.82) is 0 Å². The average Bonchev–Trinajstić information content (AvgIpc) is 3.86. The van der Waals surface area contributed by atoms with Crippen LogP contribution >= 0.6 is 0 Å². The van der Waals surface area contributed by atoms with Crippen LogP contribution < -0.4 is 0 Å².